The van der Waals surface area contributed by atoms with E-state index in [9.17, 15) is 31.2 Å². The van der Waals surface area contributed by atoms with E-state index in [0.717, 1.165) is 16.9 Å². The minimum atomic E-state index is -4.99. The number of benzene rings is 1. The van der Waals surface area contributed by atoms with Gasteiger partial charge in [-0.1, -0.05) is 49.9 Å². The summed E-state index contributed by atoms with van der Waals surface area (Å²) >= 11 is 12.2. The molecule has 0 saturated carbocycles. The summed E-state index contributed by atoms with van der Waals surface area (Å²) in [6.07, 6.45) is 1.01. The average Bonchev–Trinajstić information content (AvgIpc) is 3.42. The molecule has 0 aliphatic heterocycles. The quantitative estimate of drug-likeness (QED) is 0.233. The van der Waals surface area contributed by atoms with Gasteiger partial charge < -0.3 is 18.6 Å². The number of alkyl halides is 3. The van der Waals surface area contributed by atoms with Crippen LogP contribution in [-0.2, 0) is 21.6 Å². The number of ether oxygens (including phenoxy) is 3. The normalized spacial score (nSPS) is 11.4. The number of halogens is 5. The summed E-state index contributed by atoms with van der Waals surface area (Å²) in [5, 5.41) is 5.31. The number of nitrogens with one attached hydrogen (secondary N) is 2. The fourth-order valence-corrected chi connectivity index (χ4v) is 5.01. The zero-order valence-electron chi connectivity index (χ0n) is 26.0. The van der Waals surface area contributed by atoms with Crippen LogP contribution in [-0.4, -0.2) is 60.0 Å². The molecule has 0 bridgehead atoms. The maximum Gasteiger partial charge on any atom is 0.442 e. The summed E-state index contributed by atoms with van der Waals surface area (Å²) < 4.78 is 85.7. The van der Waals surface area contributed by atoms with Crippen molar-refractivity contribution in [3.8, 4) is 35.5 Å². The number of pyridine rings is 1. The van der Waals surface area contributed by atoms with Crippen molar-refractivity contribution in [1.29, 1.82) is 0 Å². The van der Waals surface area contributed by atoms with Crippen LogP contribution in [0.15, 0.2) is 50.8 Å². The number of carbonyl (C=O) groups excluding carboxylic acids is 1. The third-order valence-corrected chi connectivity index (χ3v) is 7.50. The summed E-state index contributed by atoms with van der Waals surface area (Å²) in [4.78, 5) is 34.6. The average molecular weight is 749 g/mol. The number of hydrogen-bond donors (Lipinski definition) is 2. The number of methoxy groups -OCH3 is 2. The number of sulfonamides is 1. The molecule has 2 N–H and O–H groups in total. The van der Waals surface area contributed by atoms with Gasteiger partial charge in [-0.05, 0) is 18.2 Å². The van der Waals surface area contributed by atoms with E-state index in [2.05, 4.69) is 26.0 Å². The molecule has 0 unspecified atom stereocenters. The fourth-order valence-electron chi connectivity index (χ4n) is 3.43. The number of nitrogens with zero attached hydrogens (tertiary/aromatic N) is 5. The lowest BCUT2D eigenvalue weighted by molar-refractivity contribution is -0.140. The van der Waals surface area contributed by atoms with Crippen molar-refractivity contribution in [2.24, 2.45) is 0 Å². The highest BCUT2D eigenvalue weighted by atomic mass is 35.5. The molecule has 0 saturated heterocycles. The van der Waals surface area contributed by atoms with Crippen LogP contribution in [0.25, 0.3) is 5.69 Å². The second kappa shape index (κ2) is 15.4. The van der Waals surface area contributed by atoms with Gasteiger partial charge >= 0.3 is 18.0 Å². The summed E-state index contributed by atoms with van der Waals surface area (Å²) in [5.74, 6) is 1.88. The first-order valence-corrected chi connectivity index (χ1v) is 15.5. The van der Waals surface area contributed by atoms with Crippen LogP contribution in [0.2, 0.25) is 10.0 Å². The number of terminal acetylenes is 1. The monoisotopic (exact) mass is 747 g/mol. The van der Waals surface area contributed by atoms with Crippen LogP contribution in [0.5, 0.6) is 17.5 Å². The Labute approximate surface area is 286 Å². The zero-order chi connectivity index (χ0) is 36.7. The van der Waals surface area contributed by atoms with Crippen molar-refractivity contribution < 1.29 is 45.0 Å². The molecule has 2 amide bonds. The van der Waals surface area contributed by atoms with E-state index in [0.29, 0.717) is 23.4 Å². The Kier molecular flexibility index (Phi) is 12.1. The third-order valence-electron chi connectivity index (χ3n) is 5.61. The number of carbonyl (C=O) groups is 1. The van der Waals surface area contributed by atoms with E-state index in [-0.39, 0.29) is 28.4 Å². The zero-order valence-corrected chi connectivity index (χ0v) is 28.4. The molecule has 21 heteroatoms. The van der Waals surface area contributed by atoms with Crippen LogP contribution in [0.1, 0.15) is 32.2 Å². The van der Waals surface area contributed by atoms with E-state index in [1.165, 1.54) is 37.1 Å². The molecule has 15 nitrogen and oxygen atoms in total. The number of rotatable bonds is 8. The summed E-state index contributed by atoms with van der Waals surface area (Å²) in [6.45, 7) is 5.69. The van der Waals surface area contributed by atoms with Crippen molar-refractivity contribution in [3.05, 3.63) is 68.6 Å². The van der Waals surface area contributed by atoms with Crippen molar-refractivity contribution >= 4 is 45.2 Å². The summed E-state index contributed by atoms with van der Waals surface area (Å²) in [6, 6.07) is 4.27. The largest absolute Gasteiger partial charge is 0.481 e. The van der Waals surface area contributed by atoms with Crippen LogP contribution >= 0.6 is 23.2 Å². The molecule has 4 rings (SSSR count). The van der Waals surface area contributed by atoms with E-state index >= 15 is 0 Å². The molecule has 0 atom stereocenters. The maximum atomic E-state index is 12.9. The van der Waals surface area contributed by atoms with Gasteiger partial charge in [-0.2, -0.15) is 36.2 Å². The van der Waals surface area contributed by atoms with Gasteiger partial charge in [-0.15, -0.1) is 11.5 Å². The molecule has 1 aromatic carbocycles. The molecule has 0 fully saturated rings. The minimum Gasteiger partial charge on any atom is -0.481 e. The Morgan fingerprint density at radius 3 is 2.24 bits per heavy atom. The molecule has 3 aromatic heterocycles. The lowest BCUT2D eigenvalue weighted by Crippen LogP contribution is -2.36. The van der Waals surface area contributed by atoms with Crippen LogP contribution < -0.4 is 30.0 Å². The maximum absolute atomic E-state index is 12.9. The standard InChI is InChI=1S/C15H14Cl2N2O3.C13H12F3N5O5S/c1-5-6-21-12-8-11(9(16)7-10(12)17)19-14(20)22-13(18-19)15(2,3)4;1-25-8-6-9(26-2)19-11(18-8)20-12(22)21-27(23,24)10-7(13(14,15)16)4-3-5-17-10/h1,7-8H,6H2,2-4H3;3-6H,1-2H3,(H2,18,19,20,21,22). The van der Waals surface area contributed by atoms with Crippen LogP contribution in [0.3, 0.4) is 0 Å². The van der Waals surface area contributed by atoms with Gasteiger partial charge in [-0.3, -0.25) is 5.32 Å². The number of anilines is 1. The molecule has 262 valence electrons. The van der Waals surface area contributed by atoms with Crippen LogP contribution in [0.4, 0.5) is 23.9 Å². The van der Waals surface area contributed by atoms with Gasteiger partial charge in [0.05, 0.1) is 41.6 Å². The van der Waals surface area contributed by atoms with E-state index in [1.54, 1.807) is 0 Å². The first-order chi connectivity index (χ1) is 22.8. The Hall–Kier alpha value is -5.06. The second-order valence-corrected chi connectivity index (χ2v) is 12.7. The number of urea groups is 1. The molecular formula is C28H26Cl2F3N7O8S. The van der Waals surface area contributed by atoms with Crippen molar-refractivity contribution in [2.75, 3.05) is 26.1 Å². The van der Waals surface area contributed by atoms with E-state index in [1.807, 2.05) is 26.1 Å². The lowest BCUT2D eigenvalue weighted by atomic mass is 9.97. The summed E-state index contributed by atoms with van der Waals surface area (Å²) in [5.41, 5.74) is -1.63. The van der Waals surface area contributed by atoms with E-state index in [4.69, 9.17) is 48.3 Å². The molecule has 0 aliphatic carbocycles. The van der Waals surface area contributed by atoms with Gasteiger partial charge in [0.25, 0.3) is 10.0 Å². The van der Waals surface area contributed by atoms with Crippen molar-refractivity contribution in [3.63, 3.8) is 0 Å². The predicted octanol–water partition coefficient (Wildman–Crippen LogP) is 4.86. The molecular weight excluding hydrogens is 722 g/mol. The molecule has 0 spiro atoms. The third kappa shape index (κ3) is 9.98. The highest BCUT2D eigenvalue weighted by Gasteiger charge is 2.38. The number of aromatic nitrogens is 5. The van der Waals surface area contributed by atoms with E-state index < -0.39 is 49.9 Å². The van der Waals surface area contributed by atoms with Crippen molar-refractivity contribution in [2.45, 2.75) is 37.4 Å². The molecule has 4 aromatic rings. The fraction of sp³-hybridized carbons (Fsp3) is 0.286. The Bertz CT molecular complexity index is 2020. The Morgan fingerprint density at radius 1 is 1.08 bits per heavy atom. The van der Waals surface area contributed by atoms with Gasteiger partial charge in [0, 0.05) is 17.7 Å². The molecule has 49 heavy (non-hydrogen) atoms. The Balaban J connectivity index is 0.000000271. The smallest absolute Gasteiger partial charge is 0.442 e. The van der Waals surface area contributed by atoms with Gasteiger partial charge in [0.1, 0.15) is 12.4 Å². The highest BCUT2D eigenvalue weighted by Crippen LogP contribution is 2.34. The first-order valence-electron chi connectivity index (χ1n) is 13.3. The molecule has 0 radical (unpaired) electrons. The van der Waals surface area contributed by atoms with Crippen LogP contribution in [0, 0.1) is 12.3 Å². The Morgan fingerprint density at radius 2 is 1.71 bits per heavy atom. The number of hydrogen-bond acceptors (Lipinski definition) is 12. The first kappa shape index (κ1) is 38.4. The van der Waals surface area contributed by atoms with Crippen molar-refractivity contribution in [1.82, 2.24) is 29.5 Å². The molecule has 0 aliphatic rings. The van der Waals surface area contributed by atoms with Gasteiger partial charge in [0.15, 0.2) is 5.03 Å². The lowest BCUT2D eigenvalue weighted by Gasteiger charge is -2.13. The predicted molar refractivity (Wildman–Crippen MR) is 169 cm³/mol. The molecule has 3 heterocycles. The second-order valence-electron chi connectivity index (χ2n) is 10.3. The topological polar surface area (TPSA) is 190 Å². The minimum absolute atomic E-state index is 0.0101. The van der Waals surface area contributed by atoms with Gasteiger partial charge in [0.2, 0.25) is 23.6 Å². The van der Waals surface area contributed by atoms with Gasteiger partial charge in [-0.25, -0.2) is 19.3 Å². The highest BCUT2D eigenvalue weighted by molar-refractivity contribution is 7.90. The SMILES string of the molecule is C#CCOc1cc(-n2nc(C(C)(C)C)oc2=O)c(Cl)cc1Cl.COc1cc(OC)nc(NC(=O)NS(=O)(=O)c2ncccc2C(F)(F)F)n1. The summed E-state index contributed by atoms with van der Waals surface area (Å²) in [7, 11) is -2.39. The number of amides is 2.